The number of hydrogen-bond donors (Lipinski definition) is 0. The molecule has 0 aliphatic heterocycles. The Morgan fingerprint density at radius 3 is 2.57 bits per heavy atom. The summed E-state index contributed by atoms with van der Waals surface area (Å²) in [6.07, 6.45) is 1.46. The number of benzene rings is 2. The van der Waals surface area contributed by atoms with Crippen LogP contribution in [0.2, 0.25) is 5.02 Å². The zero-order chi connectivity index (χ0) is 15.2. The van der Waals surface area contributed by atoms with Crippen molar-refractivity contribution in [2.75, 3.05) is 0 Å². The summed E-state index contributed by atoms with van der Waals surface area (Å²) in [4.78, 5) is 16.0. The second-order valence-electron chi connectivity index (χ2n) is 4.96. The summed E-state index contributed by atoms with van der Waals surface area (Å²) in [5.41, 5.74) is 2.22. The van der Waals surface area contributed by atoms with Crippen molar-refractivity contribution in [1.82, 2.24) is 0 Å². The Morgan fingerprint density at radius 2 is 1.95 bits per heavy atom. The molecule has 0 bridgehead atoms. The number of Topliss-reactive ketones (excluding diaryl/α,β-unsaturated/α-hetero) is 1. The highest BCUT2D eigenvalue weighted by molar-refractivity contribution is 6.30. The molecule has 106 valence electrons. The Bertz CT molecular complexity index is 670. The van der Waals surface area contributed by atoms with Crippen LogP contribution in [0.4, 0.5) is 5.69 Å². The molecule has 3 heteroatoms. The van der Waals surface area contributed by atoms with E-state index in [0.717, 1.165) is 12.0 Å². The third kappa shape index (κ3) is 3.93. The van der Waals surface area contributed by atoms with E-state index < -0.39 is 0 Å². The Labute approximate surface area is 130 Å². The SMILES string of the molecule is [C-]#[N+]c1cccc(C(=O)C(CC)Cc2ccc(Cl)cc2)c1. The molecule has 0 N–H and O–H groups in total. The van der Waals surface area contributed by atoms with Crippen LogP contribution in [-0.2, 0) is 6.42 Å². The number of carbonyl (C=O) groups is 1. The molecule has 1 unspecified atom stereocenters. The predicted octanol–water partition coefficient (Wildman–Crippen LogP) is 5.34. The highest BCUT2D eigenvalue weighted by Crippen LogP contribution is 2.22. The first-order valence-electron chi connectivity index (χ1n) is 6.90. The molecule has 1 atom stereocenters. The quantitative estimate of drug-likeness (QED) is 0.539. The summed E-state index contributed by atoms with van der Waals surface area (Å²) in [6, 6.07) is 14.5. The molecule has 2 rings (SSSR count). The van der Waals surface area contributed by atoms with Crippen molar-refractivity contribution in [3.8, 4) is 0 Å². The standard InChI is InChI=1S/C18H16ClNO/c1-3-14(11-13-7-9-16(19)10-8-13)18(21)15-5-4-6-17(12-15)20-2/h4-10,12,14H,3,11H2,1H3. The molecule has 0 aliphatic carbocycles. The summed E-state index contributed by atoms with van der Waals surface area (Å²) in [7, 11) is 0. The van der Waals surface area contributed by atoms with E-state index in [0.29, 0.717) is 22.7 Å². The minimum Gasteiger partial charge on any atom is -0.294 e. The van der Waals surface area contributed by atoms with Gasteiger partial charge in [-0.15, -0.1) is 0 Å². The van der Waals surface area contributed by atoms with Gasteiger partial charge in [-0.25, -0.2) is 4.85 Å². The fourth-order valence-electron chi connectivity index (χ4n) is 2.29. The highest BCUT2D eigenvalue weighted by atomic mass is 35.5. The molecule has 0 radical (unpaired) electrons. The minimum absolute atomic E-state index is 0.0767. The summed E-state index contributed by atoms with van der Waals surface area (Å²) in [5, 5.41) is 0.697. The van der Waals surface area contributed by atoms with Gasteiger partial charge in [-0.3, -0.25) is 4.79 Å². The van der Waals surface area contributed by atoms with E-state index in [-0.39, 0.29) is 11.7 Å². The van der Waals surface area contributed by atoms with E-state index in [1.165, 1.54) is 0 Å². The van der Waals surface area contributed by atoms with E-state index in [4.69, 9.17) is 18.2 Å². The van der Waals surface area contributed by atoms with Crippen LogP contribution < -0.4 is 0 Å². The lowest BCUT2D eigenvalue weighted by atomic mass is 9.89. The molecule has 0 fully saturated rings. The van der Waals surface area contributed by atoms with Crippen molar-refractivity contribution in [3.05, 3.63) is 76.1 Å². The van der Waals surface area contributed by atoms with Crippen molar-refractivity contribution >= 4 is 23.1 Å². The topological polar surface area (TPSA) is 21.4 Å². The van der Waals surface area contributed by atoms with E-state index in [1.54, 1.807) is 24.3 Å². The summed E-state index contributed by atoms with van der Waals surface area (Å²) in [6.45, 7) is 9.05. The first-order chi connectivity index (χ1) is 10.1. The monoisotopic (exact) mass is 297 g/mol. The van der Waals surface area contributed by atoms with Gasteiger partial charge in [0.05, 0.1) is 6.57 Å². The highest BCUT2D eigenvalue weighted by Gasteiger charge is 2.19. The Balaban J connectivity index is 2.18. The largest absolute Gasteiger partial charge is 0.294 e. The first-order valence-corrected chi connectivity index (χ1v) is 7.28. The molecule has 2 nitrogen and oxygen atoms in total. The fourth-order valence-corrected chi connectivity index (χ4v) is 2.42. The van der Waals surface area contributed by atoms with Crippen LogP contribution in [0.3, 0.4) is 0 Å². The summed E-state index contributed by atoms with van der Waals surface area (Å²) in [5.74, 6) is 0.0186. The lowest BCUT2D eigenvalue weighted by Gasteiger charge is -2.14. The van der Waals surface area contributed by atoms with Crippen LogP contribution in [-0.4, -0.2) is 5.78 Å². The zero-order valence-electron chi connectivity index (χ0n) is 11.8. The van der Waals surface area contributed by atoms with Gasteiger partial charge < -0.3 is 0 Å². The van der Waals surface area contributed by atoms with Crippen molar-refractivity contribution < 1.29 is 4.79 Å². The van der Waals surface area contributed by atoms with Gasteiger partial charge in [0, 0.05) is 16.5 Å². The molecule has 0 spiro atoms. The van der Waals surface area contributed by atoms with E-state index in [9.17, 15) is 4.79 Å². The van der Waals surface area contributed by atoms with Crippen molar-refractivity contribution in [2.45, 2.75) is 19.8 Å². The maximum atomic E-state index is 12.6. The van der Waals surface area contributed by atoms with E-state index in [1.807, 2.05) is 31.2 Å². The Hall–Kier alpha value is -2.11. The van der Waals surface area contributed by atoms with Crippen molar-refractivity contribution in [1.29, 1.82) is 0 Å². The van der Waals surface area contributed by atoms with Gasteiger partial charge in [0.15, 0.2) is 11.5 Å². The van der Waals surface area contributed by atoms with Gasteiger partial charge in [-0.2, -0.15) is 0 Å². The average molecular weight is 298 g/mol. The second kappa shape index (κ2) is 7.06. The predicted molar refractivity (Wildman–Crippen MR) is 86.0 cm³/mol. The lowest BCUT2D eigenvalue weighted by molar-refractivity contribution is 0.0916. The minimum atomic E-state index is -0.0767. The fraction of sp³-hybridized carbons (Fsp3) is 0.222. The molecular formula is C18H16ClNO. The van der Waals surface area contributed by atoms with E-state index >= 15 is 0 Å². The van der Waals surface area contributed by atoms with Crippen LogP contribution in [0.1, 0.15) is 29.3 Å². The molecule has 2 aromatic rings. The molecule has 0 saturated heterocycles. The molecule has 0 aromatic heterocycles. The Morgan fingerprint density at radius 1 is 1.24 bits per heavy atom. The van der Waals surface area contributed by atoms with Crippen molar-refractivity contribution in [2.24, 2.45) is 5.92 Å². The molecule has 0 aliphatic rings. The summed E-state index contributed by atoms with van der Waals surface area (Å²) >= 11 is 5.88. The smallest absolute Gasteiger partial charge is 0.187 e. The first kappa shape index (κ1) is 15.3. The third-order valence-corrected chi connectivity index (χ3v) is 3.77. The number of nitrogens with zero attached hydrogens (tertiary/aromatic N) is 1. The molecule has 0 saturated carbocycles. The molecule has 0 heterocycles. The number of ketones is 1. The number of halogens is 1. The second-order valence-corrected chi connectivity index (χ2v) is 5.40. The summed E-state index contributed by atoms with van der Waals surface area (Å²) < 4.78 is 0. The lowest BCUT2D eigenvalue weighted by Crippen LogP contribution is -2.16. The third-order valence-electron chi connectivity index (χ3n) is 3.52. The zero-order valence-corrected chi connectivity index (χ0v) is 12.6. The maximum Gasteiger partial charge on any atom is 0.187 e. The normalized spacial score (nSPS) is 11.7. The average Bonchev–Trinajstić information content (AvgIpc) is 2.53. The van der Waals surface area contributed by atoms with Gasteiger partial charge in [0.1, 0.15) is 0 Å². The van der Waals surface area contributed by atoms with Crippen LogP contribution >= 0.6 is 11.6 Å². The molecule has 21 heavy (non-hydrogen) atoms. The van der Waals surface area contributed by atoms with Gasteiger partial charge in [0.25, 0.3) is 0 Å². The molecule has 0 amide bonds. The number of rotatable bonds is 5. The van der Waals surface area contributed by atoms with Gasteiger partial charge in [-0.05, 0) is 36.6 Å². The van der Waals surface area contributed by atoms with Gasteiger partial charge in [0.2, 0.25) is 0 Å². The Kier molecular flexibility index (Phi) is 5.14. The van der Waals surface area contributed by atoms with Crippen molar-refractivity contribution in [3.63, 3.8) is 0 Å². The molecular weight excluding hydrogens is 282 g/mol. The van der Waals surface area contributed by atoms with Crippen LogP contribution in [0, 0.1) is 12.5 Å². The number of carbonyl (C=O) groups excluding carboxylic acids is 1. The van der Waals surface area contributed by atoms with Crippen LogP contribution in [0.15, 0.2) is 48.5 Å². The van der Waals surface area contributed by atoms with Gasteiger partial charge in [-0.1, -0.05) is 48.9 Å². The van der Waals surface area contributed by atoms with Crippen LogP contribution in [0.5, 0.6) is 0 Å². The van der Waals surface area contributed by atoms with Gasteiger partial charge >= 0.3 is 0 Å². The molecule has 2 aromatic carbocycles. The number of hydrogen-bond acceptors (Lipinski definition) is 1. The van der Waals surface area contributed by atoms with Crippen LogP contribution in [0.25, 0.3) is 4.85 Å². The van der Waals surface area contributed by atoms with E-state index in [2.05, 4.69) is 4.85 Å². The maximum absolute atomic E-state index is 12.6.